The van der Waals surface area contributed by atoms with Crippen LogP contribution in [0.5, 0.6) is 0 Å². The van der Waals surface area contributed by atoms with Crippen LogP contribution in [0.1, 0.15) is 28.9 Å². The molecule has 0 aliphatic rings. The summed E-state index contributed by atoms with van der Waals surface area (Å²) >= 11 is 5.79. The van der Waals surface area contributed by atoms with Gasteiger partial charge in [0.05, 0.1) is 6.10 Å². The van der Waals surface area contributed by atoms with Crippen molar-refractivity contribution in [3.8, 4) is 0 Å². The SMILES string of the molecule is CC(NC(=O)c1ccccc1)C(=O)NCC(O)c1ccc(Cl)cc1. The number of aliphatic hydroxyl groups is 1. The Labute approximate surface area is 145 Å². The fourth-order valence-electron chi connectivity index (χ4n) is 2.09. The molecule has 2 aromatic carbocycles. The Balaban J connectivity index is 1.83. The van der Waals surface area contributed by atoms with Gasteiger partial charge in [0, 0.05) is 17.1 Å². The third kappa shape index (κ3) is 5.08. The Morgan fingerprint density at radius 2 is 1.71 bits per heavy atom. The average Bonchev–Trinajstić information content (AvgIpc) is 2.60. The van der Waals surface area contributed by atoms with Crippen molar-refractivity contribution in [1.82, 2.24) is 10.6 Å². The summed E-state index contributed by atoms with van der Waals surface area (Å²) in [4.78, 5) is 24.0. The zero-order chi connectivity index (χ0) is 17.5. The van der Waals surface area contributed by atoms with Gasteiger partial charge in [-0.3, -0.25) is 9.59 Å². The molecule has 0 aliphatic heterocycles. The molecular weight excluding hydrogens is 328 g/mol. The van der Waals surface area contributed by atoms with Crippen molar-refractivity contribution < 1.29 is 14.7 Å². The Hall–Kier alpha value is -2.37. The summed E-state index contributed by atoms with van der Waals surface area (Å²) in [6.07, 6.45) is -0.844. The van der Waals surface area contributed by atoms with Crippen molar-refractivity contribution in [2.75, 3.05) is 6.54 Å². The maximum absolute atomic E-state index is 12.0. The van der Waals surface area contributed by atoms with E-state index in [0.29, 0.717) is 16.1 Å². The lowest BCUT2D eigenvalue weighted by atomic mass is 10.1. The van der Waals surface area contributed by atoms with Crippen LogP contribution in [0.3, 0.4) is 0 Å². The lowest BCUT2D eigenvalue weighted by molar-refractivity contribution is -0.123. The van der Waals surface area contributed by atoms with Gasteiger partial charge in [-0.15, -0.1) is 0 Å². The highest BCUT2D eigenvalue weighted by atomic mass is 35.5. The van der Waals surface area contributed by atoms with Crippen LogP contribution in [0.4, 0.5) is 0 Å². The highest BCUT2D eigenvalue weighted by Crippen LogP contribution is 2.15. The number of rotatable bonds is 6. The largest absolute Gasteiger partial charge is 0.387 e. The van der Waals surface area contributed by atoms with Gasteiger partial charge in [-0.05, 0) is 36.8 Å². The standard InChI is InChI=1S/C18H19ClN2O3/c1-12(21-18(24)14-5-3-2-4-6-14)17(23)20-11-16(22)13-7-9-15(19)10-8-13/h2-10,12,16,22H,11H2,1H3,(H,20,23)(H,21,24). The fraction of sp³-hybridized carbons (Fsp3) is 0.222. The van der Waals surface area contributed by atoms with Gasteiger partial charge < -0.3 is 15.7 Å². The summed E-state index contributed by atoms with van der Waals surface area (Å²) < 4.78 is 0. The van der Waals surface area contributed by atoms with Gasteiger partial charge >= 0.3 is 0 Å². The van der Waals surface area contributed by atoms with Gasteiger partial charge in [0.2, 0.25) is 5.91 Å². The highest BCUT2D eigenvalue weighted by molar-refractivity contribution is 6.30. The van der Waals surface area contributed by atoms with E-state index in [1.54, 1.807) is 55.5 Å². The van der Waals surface area contributed by atoms with Crippen LogP contribution in [0.2, 0.25) is 5.02 Å². The van der Waals surface area contributed by atoms with Crippen LogP contribution in [0, 0.1) is 0 Å². The first kappa shape index (κ1) is 18.0. The van der Waals surface area contributed by atoms with E-state index in [2.05, 4.69) is 10.6 Å². The zero-order valence-corrected chi connectivity index (χ0v) is 14.0. The number of nitrogens with one attached hydrogen (secondary N) is 2. The molecule has 2 rings (SSSR count). The van der Waals surface area contributed by atoms with Gasteiger partial charge in [-0.2, -0.15) is 0 Å². The molecule has 2 atom stereocenters. The predicted molar refractivity (Wildman–Crippen MR) is 92.8 cm³/mol. The Morgan fingerprint density at radius 1 is 1.08 bits per heavy atom. The molecule has 2 unspecified atom stereocenters. The number of carbonyl (C=O) groups is 2. The molecule has 5 nitrogen and oxygen atoms in total. The molecule has 24 heavy (non-hydrogen) atoms. The number of hydrogen-bond donors (Lipinski definition) is 3. The number of aliphatic hydroxyl groups excluding tert-OH is 1. The highest BCUT2D eigenvalue weighted by Gasteiger charge is 2.17. The van der Waals surface area contributed by atoms with Crippen molar-refractivity contribution in [2.24, 2.45) is 0 Å². The predicted octanol–water partition coefficient (Wildman–Crippen LogP) is 2.31. The normalized spacial score (nSPS) is 13.0. The fourth-order valence-corrected chi connectivity index (χ4v) is 2.21. The van der Waals surface area contributed by atoms with Crippen LogP contribution in [-0.2, 0) is 4.79 Å². The number of halogens is 1. The monoisotopic (exact) mass is 346 g/mol. The number of hydrogen-bond acceptors (Lipinski definition) is 3. The van der Waals surface area contributed by atoms with Crippen molar-refractivity contribution >= 4 is 23.4 Å². The van der Waals surface area contributed by atoms with Crippen molar-refractivity contribution in [1.29, 1.82) is 0 Å². The van der Waals surface area contributed by atoms with Crippen LogP contribution in [-0.4, -0.2) is 29.5 Å². The minimum atomic E-state index is -0.844. The first-order valence-corrected chi connectivity index (χ1v) is 7.92. The molecule has 0 saturated heterocycles. The second kappa shape index (κ2) is 8.47. The molecule has 3 N–H and O–H groups in total. The second-order valence-corrected chi connectivity index (χ2v) is 5.81. The maximum atomic E-state index is 12.0. The second-order valence-electron chi connectivity index (χ2n) is 5.37. The third-order valence-electron chi connectivity index (χ3n) is 3.50. The van der Waals surface area contributed by atoms with Gasteiger partial charge in [-0.25, -0.2) is 0 Å². The quantitative estimate of drug-likeness (QED) is 0.751. The molecule has 0 saturated carbocycles. The molecule has 6 heteroatoms. The molecule has 0 aromatic heterocycles. The zero-order valence-electron chi connectivity index (χ0n) is 13.2. The van der Waals surface area contributed by atoms with E-state index in [4.69, 9.17) is 11.6 Å². The van der Waals surface area contributed by atoms with E-state index in [1.807, 2.05) is 6.07 Å². The molecule has 2 aromatic rings. The minimum Gasteiger partial charge on any atom is -0.387 e. The molecule has 2 amide bonds. The van der Waals surface area contributed by atoms with E-state index in [0.717, 1.165) is 0 Å². The lowest BCUT2D eigenvalue weighted by Crippen LogP contribution is -2.45. The summed E-state index contributed by atoms with van der Waals surface area (Å²) in [5.41, 5.74) is 1.14. The Kier molecular flexibility index (Phi) is 6.35. The smallest absolute Gasteiger partial charge is 0.251 e. The molecular formula is C18H19ClN2O3. The molecule has 0 aliphatic carbocycles. The molecule has 0 fully saturated rings. The van der Waals surface area contributed by atoms with E-state index in [9.17, 15) is 14.7 Å². The summed E-state index contributed by atoms with van der Waals surface area (Å²) in [7, 11) is 0. The minimum absolute atomic E-state index is 0.0476. The third-order valence-corrected chi connectivity index (χ3v) is 3.75. The van der Waals surface area contributed by atoms with Gasteiger partial charge in [-0.1, -0.05) is 41.9 Å². The van der Waals surface area contributed by atoms with Crippen molar-refractivity contribution in [3.63, 3.8) is 0 Å². The van der Waals surface area contributed by atoms with E-state index in [-0.39, 0.29) is 18.4 Å². The molecule has 126 valence electrons. The first-order valence-electron chi connectivity index (χ1n) is 7.54. The first-order chi connectivity index (χ1) is 11.5. The summed E-state index contributed by atoms with van der Waals surface area (Å²) in [5, 5.41) is 15.9. The summed E-state index contributed by atoms with van der Waals surface area (Å²) in [6.45, 7) is 1.64. The number of carbonyl (C=O) groups excluding carboxylic acids is 2. The average molecular weight is 347 g/mol. The van der Waals surface area contributed by atoms with Crippen LogP contribution in [0.15, 0.2) is 54.6 Å². The van der Waals surface area contributed by atoms with Crippen LogP contribution in [0.25, 0.3) is 0 Å². The molecule has 0 radical (unpaired) electrons. The van der Waals surface area contributed by atoms with E-state index in [1.165, 1.54) is 0 Å². The van der Waals surface area contributed by atoms with Gasteiger partial charge in [0.15, 0.2) is 0 Å². The lowest BCUT2D eigenvalue weighted by Gasteiger charge is -2.16. The van der Waals surface area contributed by atoms with Gasteiger partial charge in [0.1, 0.15) is 6.04 Å². The number of amides is 2. The van der Waals surface area contributed by atoms with E-state index < -0.39 is 12.1 Å². The van der Waals surface area contributed by atoms with Crippen molar-refractivity contribution in [3.05, 3.63) is 70.7 Å². The van der Waals surface area contributed by atoms with Gasteiger partial charge in [0.25, 0.3) is 5.91 Å². The molecule has 0 spiro atoms. The topological polar surface area (TPSA) is 78.4 Å². The Bertz CT molecular complexity index is 689. The maximum Gasteiger partial charge on any atom is 0.251 e. The molecule has 0 bridgehead atoms. The van der Waals surface area contributed by atoms with Crippen LogP contribution < -0.4 is 10.6 Å². The molecule has 0 heterocycles. The summed E-state index contributed by atoms with van der Waals surface area (Å²) in [6, 6.07) is 14.7. The van der Waals surface area contributed by atoms with Crippen LogP contribution >= 0.6 is 11.6 Å². The van der Waals surface area contributed by atoms with Crippen molar-refractivity contribution in [2.45, 2.75) is 19.1 Å². The summed E-state index contributed by atoms with van der Waals surface area (Å²) in [5.74, 6) is -0.691. The van der Waals surface area contributed by atoms with E-state index >= 15 is 0 Å². The number of benzene rings is 2. The Morgan fingerprint density at radius 3 is 2.33 bits per heavy atom.